The van der Waals surface area contributed by atoms with E-state index in [1.54, 1.807) is 18.2 Å². The highest BCUT2D eigenvalue weighted by atomic mass is 35.5. The van der Waals surface area contributed by atoms with E-state index < -0.39 is 0 Å². The number of nitrogens with zero attached hydrogens (tertiary/aromatic N) is 1. The van der Waals surface area contributed by atoms with E-state index in [9.17, 15) is 9.59 Å². The standard InChI is InChI=1S/C25H22ClNO4S/c1-15(2)31-23-20(26)11-16(12-21(23)30-3)13-22-24(28)27(25(29)32-22)14-18-9-6-8-17-7-4-5-10-19(17)18/h4-13,15H,14H2,1-3H3/b22-13-. The number of hydrogen-bond acceptors (Lipinski definition) is 5. The molecule has 1 aliphatic heterocycles. The Kier molecular flexibility index (Phi) is 6.44. The topological polar surface area (TPSA) is 55.8 Å². The van der Waals surface area contributed by atoms with Crippen LogP contribution in [0.25, 0.3) is 16.8 Å². The molecule has 0 unspecified atom stereocenters. The molecule has 0 aliphatic carbocycles. The number of amides is 2. The summed E-state index contributed by atoms with van der Waals surface area (Å²) in [5.41, 5.74) is 1.57. The van der Waals surface area contributed by atoms with Gasteiger partial charge in [-0.15, -0.1) is 0 Å². The highest BCUT2D eigenvalue weighted by molar-refractivity contribution is 8.18. The largest absolute Gasteiger partial charge is 0.493 e. The van der Waals surface area contributed by atoms with Crippen molar-refractivity contribution < 1.29 is 19.1 Å². The first-order chi connectivity index (χ1) is 15.4. The van der Waals surface area contributed by atoms with Gasteiger partial charge in [-0.1, -0.05) is 54.1 Å². The Morgan fingerprint density at radius 1 is 1.09 bits per heavy atom. The Morgan fingerprint density at radius 3 is 2.59 bits per heavy atom. The molecule has 3 aromatic carbocycles. The molecule has 1 aliphatic rings. The second-order valence-corrected chi connectivity index (χ2v) is 9.01. The Hall–Kier alpha value is -2.96. The zero-order valence-corrected chi connectivity index (χ0v) is 19.5. The van der Waals surface area contributed by atoms with Gasteiger partial charge in [-0.05, 0) is 65.7 Å². The van der Waals surface area contributed by atoms with Crippen molar-refractivity contribution in [3.63, 3.8) is 0 Å². The molecule has 0 saturated carbocycles. The van der Waals surface area contributed by atoms with E-state index in [2.05, 4.69) is 0 Å². The number of carbonyl (C=O) groups is 2. The van der Waals surface area contributed by atoms with Gasteiger partial charge in [0.05, 0.1) is 29.7 Å². The number of fused-ring (bicyclic) bond motifs is 1. The molecule has 0 aromatic heterocycles. The maximum absolute atomic E-state index is 13.0. The van der Waals surface area contributed by atoms with Crippen molar-refractivity contribution in [2.24, 2.45) is 0 Å². The van der Waals surface area contributed by atoms with E-state index in [1.165, 1.54) is 12.0 Å². The van der Waals surface area contributed by atoms with Crippen LogP contribution in [0.1, 0.15) is 25.0 Å². The molecule has 0 bridgehead atoms. The fourth-order valence-corrected chi connectivity index (χ4v) is 4.66. The van der Waals surface area contributed by atoms with Gasteiger partial charge >= 0.3 is 0 Å². The smallest absolute Gasteiger partial charge is 0.293 e. The third kappa shape index (κ3) is 4.47. The third-order valence-electron chi connectivity index (χ3n) is 4.99. The number of methoxy groups -OCH3 is 1. The second-order valence-electron chi connectivity index (χ2n) is 7.61. The van der Waals surface area contributed by atoms with Crippen molar-refractivity contribution in [1.82, 2.24) is 4.90 Å². The summed E-state index contributed by atoms with van der Waals surface area (Å²) in [5, 5.41) is 2.17. The molecule has 1 saturated heterocycles. The first-order valence-electron chi connectivity index (χ1n) is 10.1. The predicted molar refractivity (Wildman–Crippen MR) is 129 cm³/mol. The predicted octanol–water partition coefficient (Wildman–Crippen LogP) is 6.53. The lowest BCUT2D eigenvalue weighted by molar-refractivity contribution is -0.123. The Morgan fingerprint density at radius 2 is 1.84 bits per heavy atom. The maximum atomic E-state index is 13.0. The van der Waals surface area contributed by atoms with Crippen molar-refractivity contribution in [2.75, 3.05) is 7.11 Å². The third-order valence-corrected chi connectivity index (χ3v) is 6.17. The molecule has 1 fully saturated rings. The highest BCUT2D eigenvalue weighted by Crippen LogP contribution is 2.39. The van der Waals surface area contributed by atoms with Gasteiger partial charge < -0.3 is 9.47 Å². The number of hydrogen-bond donors (Lipinski definition) is 0. The van der Waals surface area contributed by atoms with Gasteiger partial charge in [0, 0.05) is 0 Å². The van der Waals surface area contributed by atoms with Crippen LogP contribution in [0.5, 0.6) is 11.5 Å². The van der Waals surface area contributed by atoms with Crippen LogP contribution in [0.3, 0.4) is 0 Å². The van der Waals surface area contributed by atoms with Crippen molar-refractivity contribution in [2.45, 2.75) is 26.5 Å². The van der Waals surface area contributed by atoms with Crippen LogP contribution in [0.2, 0.25) is 5.02 Å². The fourth-order valence-electron chi connectivity index (χ4n) is 3.56. The summed E-state index contributed by atoms with van der Waals surface area (Å²) in [4.78, 5) is 27.3. The molecular weight excluding hydrogens is 446 g/mol. The van der Waals surface area contributed by atoms with E-state index in [4.69, 9.17) is 21.1 Å². The molecule has 0 radical (unpaired) electrons. The summed E-state index contributed by atoms with van der Waals surface area (Å²) in [6, 6.07) is 17.2. The molecule has 3 aromatic rings. The molecule has 7 heteroatoms. The summed E-state index contributed by atoms with van der Waals surface area (Å²) >= 11 is 7.31. The lowest BCUT2D eigenvalue weighted by atomic mass is 10.0. The minimum absolute atomic E-state index is 0.0715. The van der Waals surface area contributed by atoms with Gasteiger partial charge in [-0.2, -0.15) is 0 Å². The van der Waals surface area contributed by atoms with Crippen LogP contribution >= 0.6 is 23.4 Å². The van der Waals surface area contributed by atoms with Gasteiger partial charge in [-0.25, -0.2) is 0 Å². The lowest BCUT2D eigenvalue weighted by Crippen LogP contribution is -2.27. The molecule has 0 spiro atoms. The molecule has 0 atom stereocenters. The number of ether oxygens (including phenoxy) is 2. The highest BCUT2D eigenvalue weighted by Gasteiger charge is 2.35. The van der Waals surface area contributed by atoms with E-state index in [0.717, 1.165) is 28.1 Å². The zero-order chi connectivity index (χ0) is 22.8. The first kappa shape index (κ1) is 22.2. The van der Waals surface area contributed by atoms with Crippen LogP contribution in [0.15, 0.2) is 59.5 Å². The molecule has 164 valence electrons. The number of imide groups is 1. The second kappa shape index (κ2) is 9.27. The molecular formula is C25H22ClNO4S. The fraction of sp³-hybridized carbons (Fsp3) is 0.200. The van der Waals surface area contributed by atoms with Gasteiger partial charge in [0.25, 0.3) is 11.1 Å². The van der Waals surface area contributed by atoms with E-state index in [1.807, 2.05) is 56.3 Å². The average molecular weight is 468 g/mol. The number of halogens is 1. The maximum Gasteiger partial charge on any atom is 0.293 e. The number of carbonyl (C=O) groups excluding carboxylic acids is 2. The summed E-state index contributed by atoms with van der Waals surface area (Å²) in [5.74, 6) is 0.586. The van der Waals surface area contributed by atoms with E-state index in [-0.39, 0.29) is 23.8 Å². The van der Waals surface area contributed by atoms with Gasteiger partial charge in [-0.3, -0.25) is 14.5 Å². The monoisotopic (exact) mass is 467 g/mol. The van der Waals surface area contributed by atoms with Crippen LogP contribution in [-0.2, 0) is 11.3 Å². The molecule has 1 heterocycles. The zero-order valence-electron chi connectivity index (χ0n) is 17.9. The Labute approximate surface area is 195 Å². The number of rotatable bonds is 6. The summed E-state index contributed by atoms with van der Waals surface area (Å²) in [7, 11) is 1.53. The molecule has 5 nitrogen and oxygen atoms in total. The average Bonchev–Trinajstić information content (AvgIpc) is 3.02. The van der Waals surface area contributed by atoms with Crippen LogP contribution in [-0.4, -0.2) is 29.3 Å². The number of thioether (sulfide) groups is 1. The summed E-state index contributed by atoms with van der Waals surface area (Å²) < 4.78 is 11.2. The molecule has 32 heavy (non-hydrogen) atoms. The molecule has 4 rings (SSSR count). The molecule has 2 amide bonds. The van der Waals surface area contributed by atoms with E-state index >= 15 is 0 Å². The van der Waals surface area contributed by atoms with Crippen molar-refractivity contribution in [1.29, 1.82) is 0 Å². The minimum atomic E-state index is -0.328. The van der Waals surface area contributed by atoms with Crippen LogP contribution < -0.4 is 9.47 Å². The van der Waals surface area contributed by atoms with Crippen molar-refractivity contribution in [3.8, 4) is 11.5 Å². The van der Waals surface area contributed by atoms with Gasteiger partial charge in [0.1, 0.15) is 0 Å². The first-order valence-corrected chi connectivity index (χ1v) is 11.3. The summed E-state index contributed by atoms with van der Waals surface area (Å²) in [6.45, 7) is 4.01. The summed E-state index contributed by atoms with van der Waals surface area (Å²) in [6.07, 6.45) is 1.58. The van der Waals surface area contributed by atoms with Gasteiger partial charge in [0.2, 0.25) is 0 Å². The quantitative estimate of drug-likeness (QED) is 0.386. The molecule has 0 N–H and O–H groups in total. The Bertz CT molecular complexity index is 1230. The SMILES string of the molecule is COc1cc(/C=C2\SC(=O)N(Cc3cccc4ccccc34)C2=O)cc(Cl)c1OC(C)C. The van der Waals surface area contributed by atoms with Gasteiger partial charge in [0.15, 0.2) is 11.5 Å². The van der Waals surface area contributed by atoms with E-state index in [0.29, 0.717) is 27.0 Å². The van der Waals surface area contributed by atoms with Crippen LogP contribution in [0.4, 0.5) is 4.79 Å². The minimum Gasteiger partial charge on any atom is -0.493 e. The lowest BCUT2D eigenvalue weighted by Gasteiger charge is -2.16. The normalized spacial score (nSPS) is 15.3. The number of benzene rings is 3. The van der Waals surface area contributed by atoms with Crippen molar-refractivity contribution >= 4 is 51.4 Å². The van der Waals surface area contributed by atoms with Crippen molar-refractivity contribution in [3.05, 3.63) is 75.7 Å². The Balaban J connectivity index is 1.62. The van der Waals surface area contributed by atoms with Crippen LogP contribution in [0, 0.1) is 0 Å².